The van der Waals surface area contributed by atoms with Gasteiger partial charge < -0.3 is 19.3 Å². The Balaban J connectivity index is 1.92. The molecule has 2 rings (SSSR count). The Hall–Kier alpha value is -1.05. The van der Waals surface area contributed by atoms with Gasteiger partial charge in [0.2, 0.25) is 0 Å². The highest BCUT2D eigenvalue weighted by Crippen LogP contribution is 2.17. The van der Waals surface area contributed by atoms with Crippen LogP contribution < -0.4 is 0 Å². The van der Waals surface area contributed by atoms with Crippen molar-refractivity contribution in [2.45, 2.75) is 17.8 Å². The zero-order valence-corrected chi connectivity index (χ0v) is 11.1. The lowest BCUT2D eigenvalue weighted by Crippen LogP contribution is -2.41. The second kappa shape index (κ2) is 6.21. The number of hydrogen-bond donors (Lipinski definition) is 1. The second-order valence-corrected chi connectivity index (χ2v) is 5.24. The fourth-order valence-electron chi connectivity index (χ4n) is 1.90. The van der Waals surface area contributed by atoms with Crippen LogP contribution in [0.25, 0.3) is 0 Å². The van der Waals surface area contributed by atoms with Gasteiger partial charge in [-0.2, -0.15) is 0 Å². The minimum absolute atomic E-state index is 0.0302. The Kier molecular flexibility index (Phi) is 4.62. The number of ether oxygens (including phenoxy) is 1. The van der Waals surface area contributed by atoms with Crippen LogP contribution in [0.4, 0.5) is 0 Å². The maximum absolute atomic E-state index is 10.5. The SMILES string of the molecule is CN1CCOC(Cn2ccnc2SCC(=O)O)C1. The van der Waals surface area contributed by atoms with E-state index < -0.39 is 5.97 Å². The molecule has 0 bridgehead atoms. The summed E-state index contributed by atoms with van der Waals surface area (Å²) in [6.45, 7) is 3.31. The van der Waals surface area contributed by atoms with Crippen LogP contribution in [0, 0.1) is 0 Å². The van der Waals surface area contributed by atoms with Crippen LogP contribution in [-0.4, -0.2) is 64.1 Å². The van der Waals surface area contributed by atoms with E-state index in [1.807, 2.05) is 10.8 Å². The predicted molar refractivity (Wildman–Crippen MR) is 67.8 cm³/mol. The first-order chi connectivity index (χ1) is 8.65. The number of nitrogens with zero attached hydrogens (tertiary/aromatic N) is 3. The summed E-state index contributed by atoms with van der Waals surface area (Å²) in [5, 5.41) is 9.40. The van der Waals surface area contributed by atoms with Gasteiger partial charge in [0.1, 0.15) is 0 Å². The Morgan fingerprint density at radius 1 is 1.72 bits per heavy atom. The lowest BCUT2D eigenvalue weighted by Gasteiger charge is -2.30. The van der Waals surface area contributed by atoms with Gasteiger partial charge in [-0.3, -0.25) is 4.79 Å². The van der Waals surface area contributed by atoms with Crippen LogP contribution >= 0.6 is 11.8 Å². The number of carboxylic acid groups (broad SMARTS) is 1. The molecule has 1 unspecified atom stereocenters. The van der Waals surface area contributed by atoms with E-state index in [2.05, 4.69) is 16.9 Å². The average molecular weight is 271 g/mol. The summed E-state index contributed by atoms with van der Waals surface area (Å²) in [5.41, 5.74) is 0. The molecule has 100 valence electrons. The van der Waals surface area contributed by atoms with Gasteiger partial charge in [0.25, 0.3) is 0 Å². The summed E-state index contributed by atoms with van der Waals surface area (Å²) in [6, 6.07) is 0. The molecule has 0 aromatic carbocycles. The van der Waals surface area contributed by atoms with Crippen molar-refractivity contribution in [1.82, 2.24) is 14.5 Å². The molecular formula is C11H17N3O3S. The number of imidazole rings is 1. The van der Waals surface area contributed by atoms with E-state index >= 15 is 0 Å². The molecule has 0 radical (unpaired) electrons. The number of thioether (sulfide) groups is 1. The molecule has 1 fully saturated rings. The summed E-state index contributed by atoms with van der Waals surface area (Å²) in [4.78, 5) is 16.9. The van der Waals surface area contributed by atoms with E-state index in [-0.39, 0.29) is 11.9 Å². The van der Waals surface area contributed by atoms with Crippen molar-refractivity contribution in [3.8, 4) is 0 Å². The van der Waals surface area contributed by atoms with Crippen molar-refractivity contribution < 1.29 is 14.6 Å². The Bertz CT molecular complexity index is 410. The van der Waals surface area contributed by atoms with Gasteiger partial charge in [-0.25, -0.2) is 4.98 Å². The summed E-state index contributed by atoms with van der Waals surface area (Å²) in [7, 11) is 2.07. The summed E-state index contributed by atoms with van der Waals surface area (Å²) < 4.78 is 7.64. The van der Waals surface area contributed by atoms with Crippen LogP contribution in [0.3, 0.4) is 0 Å². The van der Waals surface area contributed by atoms with Crippen molar-refractivity contribution in [1.29, 1.82) is 0 Å². The lowest BCUT2D eigenvalue weighted by atomic mass is 10.3. The van der Waals surface area contributed by atoms with Crippen LogP contribution in [0.1, 0.15) is 0 Å². The van der Waals surface area contributed by atoms with Gasteiger partial charge in [-0.05, 0) is 7.05 Å². The van der Waals surface area contributed by atoms with E-state index in [4.69, 9.17) is 9.84 Å². The largest absolute Gasteiger partial charge is 0.481 e. The number of aliphatic carboxylic acids is 1. The minimum atomic E-state index is -0.830. The molecule has 0 amide bonds. The third-order valence-corrected chi connectivity index (χ3v) is 3.73. The predicted octanol–water partition coefficient (Wildman–Crippen LogP) is 0.390. The van der Waals surface area contributed by atoms with Crippen LogP contribution in [0.2, 0.25) is 0 Å². The Morgan fingerprint density at radius 3 is 3.28 bits per heavy atom. The normalized spacial score (nSPS) is 21.1. The molecule has 1 aliphatic rings. The first-order valence-electron chi connectivity index (χ1n) is 5.81. The number of morpholine rings is 1. The molecule has 1 aromatic rings. The van der Waals surface area contributed by atoms with Crippen molar-refractivity contribution in [3.05, 3.63) is 12.4 Å². The first kappa shape index (κ1) is 13.4. The molecule has 2 heterocycles. The monoisotopic (exact) mass is 271 g/mol. The van der Waals surface area contributed by atoms with Gasteiger partial charge in [-0.15, -0.1) is 0 Å². The van der Waals surface area contributed by atoms with Gasteiger partial charge in [0.15, 0.2) is 5.16 Å². The topological polar surface area (TPSA) is 67.6 Å². The number of carbonyl (C=O) groups is 1. The molecular weight excluding hydrogens is 254 g/mol. The number of likely N-dealkylation sites (N-methyl/N-ethyl adjacent to an activating group) is 1. The molecule has 1 aromatic heterocycles. The van der Waals surface area contributed by atoms with Crippen molar-refractivity contribution in [3.63, 3.8) is 0 Å². The minimum Gasteiger partial charge on any atom is -0.481 e. The quantitative estimate of drug-likeness (QED) is 0.781. The fourth-order valence-corrected chi connectivity index (χ4v) is 2.59. The molecule has 0 spiro atoms. The molecule has 1 saturated heterocycles. The van der Waals surface area contributed by atoms with Gasteiger partial charge in [-0.1, -0.05) is 11.8 Å². The Morgan fingerprint density at radius 2 is 2.56 bits per heavy atom. The zero-order chi connectivity index (χ0) is 13.0. The number of carboxylic acids is 1. The smallest absolute Gasteiger partial charge is 0.313 e. The number of hydrogen-bond acceptors (Lipinski definition) is 5. The molecule has 0 saturated carbocycles. The van der Waals surface area contributed by atoms with Crippen molar-refractivity contribution in [2.24, 2.45) is 0 Å². The molecule has 7 heteroatoms. The third kappa shape index (κ3) is 3.72. The van der Waals surface area contributed by atoms with E-state index in [0.717, 1.165) is 24.9 Å². The van der Waals surface area contributed by atoms with E-state index in [9.17, 15) is 4.79 Å². The van der Waals surface area contributed by atoms with Gasteiger partial charge in [0, 0.05) is 25.5 Å². The van der Waals surface area contributed by atoms with Gasteiger partial charge in [0.05, 0.1) is 25.0 Å². The molecule has 18 heavy (non-hydrogen) atoms. The van der Waals surface area contributed by atoms with E-state index in [0.29, 0.717) is 6.54 Å². The lowest BCUT2D eigenvalue weighted by molar-refractivity contribution is -0.133. The summed E-state index contributed by atoms with van der Waals surface area (Å²) in [5.74, 6) is -0.800. The second-order valence-electron chi connectivity index (χ2n) is 4.30. The third-order valence-electron chi connectivity index (χ3n) is 2.74. The van der Waals surface area contributed by atoms with Crippen LogP contribution in [0.15, 0.2) is 17.6 Å². The van der Waals surface area contributed by atoms with Gasteiger partial charge >= 0.3 is 5.97 Å². The summed E-state index contributed by atoms with van der Waals surface area (Å²) in [6.07, 6.45) is 3.70. The maximum atomic E-state index is 10.5. The molecule has 0 aliphatic carbocycles. The van der Waals surface area contributed by atoms with E-state index in [1.165, 1.54) is 11.8 Å². The maximum Gasteiger partial charge on any atom is 0.313 e. The fraction of sp³-hybridized carbons (Fsp3) is 0.636. The molecule has 1 atom stereocenters. The Labute approximate surface area is 110 Å². The molecule has 1 N–H and O–H groups in total. The van der Waals surface area contributed by atoms with E-state index in [1.54, 1.807) is 6.20 Å². The molecule has 6 nitrogen and oxygen atoms in total. The zero-order valence-electron chi connectivity index (χ0n) is 10.3. The average Bonchev–Trinajstić information content (AvgIpc) is 2.74. The van der Waals surface area contributed by atoms with Crippen molar-refractivity contribution in [2.75, 3.05) is 32.5 Å². The standard InChI is InChI=1S/C11H17N3O3S/c1-13-4-5-17-9(6-13)7-14-3-2-12-11(14)18-8-10(15)16/h2-3,9H,4-8H2,1H3,(H,15,16). The highest BCUT2D eigenvalue weighted by atomic mass is 32.2. The first-order valence-corrected chi connectivity index (χ1v) is 6.79. The highest BCUT2D eigenvalue weighted by molar-refractivity contribution is 7.99. The van der Waals surface area contributed by atoms with Crippen LogP contribution in [-0.2, 0) is 16.1 Å². The molecule has 1 aliphatic heterocycles. The number of aromatic nitrogens is 2. The van der Waals surface area contributed by atoms with Crippen molar-refractivity contribution >= 4 is 17.7 Å². The highest BCUT2D eigenvalue weighted by Gasteiger charge is 2.19. The van der Waals surface area contributed by atoms with Crippen LogP contribution in [0.5, 0.6) is 0 Å². The number of rotatable bonds is 5. The summed E-state index contributed by atoms with van der Waals surface area (Å²) >= 11 is 1.23.